The highest BCUT2D eigenvalue weighted by atomic mass is 32.1. The minimum atomic E-state index is -0.312. The molecular weight excluding hydrogens is 222 g/mol. The van der Waals surface area contributed by atoms with Crippen LogP contribution in [0, 0.1) is 12.3 Å². The Kier molecular flexibility index (Phi) is 3.42. The summed E-state index contributed by atoms with van der Waals surface area (Å²) < 4.78 is 0. The van der Waals surface area contributed by atoms with Crippen LogP contribution < -0.4 is 10.2 Å². The third-order valence-electron chi connectivity index (χ3n) is 2.65. The summed E-state index contributed by atoms with van der Waals surface area (Å²) in [6, 6.07) is 0.208. The van der Waals surface area contributed by atoms with Gasteiger partial charge in [-0.15, -0.1) is 17.8 Å². The zero-order valence-electron chi connectivity index (χ0n) is 8.85. The third kappa shape index (κ3) is 2.52. The molecular formula is C11H13N3OS. The predicted octanol–water partition coefficient (Wildman–Crippen LogP) is 0.861. The second kappa shape index (κ2) is 4.99. The molecule has 0 spiro atoms. The van der Waals surface area contributed by atoms with Gasteiger partial charge >= 0.3 is 0 Å². The van der Waals surface area contributed by atoms with Crippen molar-refractivity contribution in [3.05, 3.63) is 11.6 Å². The van der Waals surface area contributed by atoms with Gasteiger partial charge in [0, 0.05) is 30.7 Å². The molecule has 1 N–H and O–H groups in total. The Balaban J connectivity index is 1.83. The Morgan fingerprint density at radius 2 is 2.38 bits per heavy atom. The summed E-state index contributed by atoms with van der Waals surface area (Å²) in [6.45, 7) is 1.84. The van der Waals surface area contributed by atoms with E-state index in [0.29, 0.717) is 0 Å². The lowest BCUT2D eigenvalue weighted by atomic mass is 10.1. The molecule has 2 heterocycles. The number of hydrogen-bond acceptors (Lipinski definition) is 4. The first-order valence-corrected chi connectivity index (χ1v) is 6.09. The van der Waals surface area contributed by atoms with Crippen molar-refractivity contribution >= 4 is 22.4 Å². The molecule has 0 aliphatic carbocycles. The van der Waals surface area contributed by atoms with Gasteiger partial charge in [-0.25, -0.2) is 4.98 Å². The minimum absolute atomic E-state index is 0.208. The number of anilines is 1. The fourth-order valence-electron chi connectivity index (χ4n) is 1.81. The van der Waals surface area contributed by atoms with Gasteiger partial charge in [0.2, 0.25) is 0 Å². The van der Waals surface area contributed by atoms with Gasteiger partial charge in [0.1, 0.15) is 0 Å². The maximum absolute atomic E-state index is 11.0. The van der Waals surface area contributed by atoms with Crippen molar-refractivity contribution < 1.29 is 4.79 Å². The van der Waals surface area contributed by atoms with Gasteiger partial charge in [-0.3, -0.25) is 4.79 Å². The third-order valence-corrected chi connectivity index (χ3v) is 3.48. The number of nitrogens with zero attached hydrogens (tertiary/aromatic N) is 2. The van der Waals surface area contributed by atoms with Crippen LogP contribution in [0.5, 0.6) is 0 Å². The standard InChI is InChI=1S/C11H13N3OS/c1-2-10(15)13-9-3-6-14(7-4-9)11-12-5-8-16-11/h1,5,8-9H,3-4,6-7H2,(H,13,15). The molecule has 1 amide bonds. The summed E-state index contributed by atoms with van der Waals surface area (Å²) in [5.41, 5.74) is 0. The normalized spacial score (nSPS) is 16.8. The fourth-order valence-corrected chi connectivity index (χ4v) is 2.51. The molecule has 1 saturated heterocycles. The molecule has 0 radical (unpaired) electrons. The molecule has 1 aromatic rings. The first kappa shape index (κ1) is 11.0. The van der Waals surface area contributed by atoms with Gasteiger partial charge in [-0.2, -0.15) is 0 Å². The zero-order chi connectivity index (χ0) is 11.4. The van der Waals surface area contributed by atoms with Crippen LogP contribution in [0.25, 0.3) is 0 Å². The lowest BCUT2D eigenvalue weighted by molar-refractivity contribution is -0.116. The molecule has 0 aromatic carbocycles. The molecule has 2 rings (SSSR count). The number of carbonyl (C=O) groups excluding carboxylic acids is 1. The van der Waals surface area contributed by atoms with Crippen molar-refractivity contribution in [1.29, 1.82) is 0 Å². The maximum atomic E-state index is 11.0. The van der Waals surface area contributed by atoms with Crippen LogP contribution in [-0.2, 0) is 4.79 Å². The number of rotatable bonds is 2. The maximum Gasteiger partial charge on any atom is 0.295 e. The first-order chi connectivity index (χ1) is 7.79. The summed E-state index contributed by atoms with van der Waals surface area (Å²) in [5, 5.41) is 5.85. The van der Waals surface area contributed by atoms with E-state index in [1.807, 2.05) is 11.6 Å². The summed E-state index contributed by atoms with van der Waals surface area (Å²) in [4.78, 5) is 17.5. The van der Waals surface area contributed by atoms with E-state index in [2.05, 4.69) is 21.1 Å². The number of aromatic nitrogens is 1. The van der Waals surface area contributed by atoms with Crippen LogP contribution in [-0.4, -0.2) is 30.0 Å². The first-order valence-electron chi connectivity index (χ1n) is 5.21. The number of thiazole rings is 1. The molecule has 1 fully saturated rings. The zero-order valence-corrected chi connectivity index (χ0v) is 9.67. The Hall–Kier alpha value is -1.54. The molecule has 0 unspecified atom stereocenters. The van der Waals surface area contributed by atoms with Crippen molar-refractivity contribution in [2.45, 2.75) is 18.9 Å². The second-order valence-corrected chi connectivity index (χ2v) is 4.57. The summed E-state index contributed by atoms with van der Waals surface area (Å²) >= 11 is 1.64. The van der Waals surface area contributed by atoms with E-state index in [1.54, 1.807) is 11.3 Å². The summed E-state index contributed by atoms with van der Waals surface area (Å²) in [7, 11) is 0. The Morgan fingerprint density at radius 3 is 2.94 bits per heavy atom. The van der Waals surface area contributed by atoms with Crippen LogP contribution in [0.1, 0.15) is 12.8 Å². The molecule has 0 atom stereocenters. The molecule has 1 aromatic heterocycles. The SMILES string of the molecule is C#CC(=O)NC1CCN(c2nccs2)CC1. The molecule has 5 heteroatoms. The van der Waals surface area contributed by atoms with E-state index in [1.165, 1.54) is 0 Å². The molecule has 1 aliphatic rings. The lowest BCUT2D eigenvalue weighted by Crippen LogP contribution is -2.44. The number of terminal acetylenes is 1. The molecule has 84 valence electrons. The van der Waals surface area contributed by atoms with Gasteiger partial charge in [-0.1, -0.05) is 0 Å². The molecule has 4 nitrogen and oxygen atoms in total. The van der Waals surface area contributed by atoms with Crippen LogP contribution in [0.2, 0.25) is 0 Å². The van der Waals surface area contributed by atoms with Crippen molar-refractivity contribution in [2.75, 3.05) is 18.0 Å². The lowest BCUT2D eigenvalue weighted by Gasteiger charge is -2.31. The minimum Gasteiger partial charge on any atom is -0.348 e. The Morgan fingerprint density at radius 1 is 1.62 bits per heavy atom. The van der Waals surface area contributed by atoms with Crippen molar-refractivity contribution in [3.8, 4) is 12.3 Å². The molecule has 0 saturated carbocycles. The van der Waals surface area contributed by atoms with Gasteiger partial charge in [-0.05, 0) is 18.8 Å². The Bertz CT molecular complexity index is 388. The van der Waals surface area contributed by atoms with Gasteiger partial charge < -0.3 is 10.2 Å². The average molecular weight is 235 g/mol. The molecule has 0 bridgehead atoms. The number of piperidine rings is 1. The van der Waals surface area contributed by atoms with E-state index in [-0.39, 0.29) is 11.9 Å². The van der Waals surface area contributed by atoms with Gasteiger partial charge in [0.15, 0.2) is 5.13 Å². The summed E-state index contributed by atoms with van der Waals surface area (Å²) in [5.74, 6) is 1.76. The quantitative estimate of drug-likeness (QED) is 0.773. The number of amides is 1. The smallest absolute Gasteiger partial charge is 0.295 e. The van der Waals surface area contributed by atoms with Crippen LogP contribution in [0.4, 0.5) is 5.13 Å². The highest BCUT2D eigenvalue weighted by Crippen LogP contribution is 2.21. The molecule has 16 heavy (non-hydrogen) atoms. The van der Waals surface area contributed by atoms with E-state index < -0.39 is 0 Å². The van der Waals surface area contributed by atoms with E-state index in [9.17, 15) is 4.79 Å². The fraction of sp³-hybridized carbons (Fsp3) is 0.455. The van der Waals surface area contributed by atoms with E-state index in [4.69, 9.17) is 6.42 Å². The van der Waals surface area contributed by atoms with Crippen molar-refractivity contribution in [3.63, 3.8) is 0 Å². The topological polar surface area (TPSA) is 45.2 Å². The van der Waals surface area contributed by atoms with E-state index >= 15 is 0 Å². The number of carbonyl (C=O) groups is 1. The summed E-state index contributed by atoms with van der Waals surface area (Å²) in [6.07, 6.45) is 8.67. The average Bonchev–Trinajstić information content (AvgIpc) is 2.83. The number of hydrogen-bond donors (Lipinski definition) is 1. The highest BCUT2D eigenvalue weighted by molar-refractivity contribution is 7.13. The van der Waals surface area contributed by atoms with Gasteiger partial charge in [0.05, 0.1) is 0 Å². The van der Waals surface area contributed by atoms with Crippen LogP contribution in [0.3, 0.4) is 0 Å². The van der Waals surface area contributed by atoms with Gasteiger partial charge in [0.25, 0.3) is 5.91 Å². The monoisotopic (exact) mass is 235 g/mol. The molecule has 1 aliphatic heterocycles. The van der Waals surface area contributed by atoms with Crippen LogP contribution in [0.15, 0.2) is 11.6 Å². The predicted molar refractivity (Wildman–Crippen MR) is 64.3 cm³/mol. The van der Waals surface area contributed by atoms with Crippen molar-refractivity contribution in [2.24, 2.45) is 0 Å². The number of nitrogens with one attached hydrogen (secondary N) is 1. The van der Waals surface area contributed by atoms with E-state index in [0.717, 1.165) is 31.1 Å². The largest absolute Gasteiger partial charge is 0.348 e. The van der Waals surface area contributed by atoms with Crippen molar-refractivity contribution in [1.82, 2.24) is 10.3 Å². The van der Waals surface area contributed by atoms with Crippen LogP contribution >= 0.6 is 11.3 Å². The highest BCUT2D eigenvalue weighted by Gasteiger charge is 2.21. The second-order valence-electron chi connectivity index (χ2n) is 3.69. The Labute approximate surface area is 98.7 Å².